The second-order valence-corrected chi connectivity index (χ2v) is 8.32. The maximum absolute atomic E-state index is 13.0. The Morgan fingerprint density at radius 2 is 1.82 bits per heavy atom. The predicted octanol–water partition coefficient (Wildman–Crippen LogP) is 4.47. The van der Waals surface area contributed by atoms with Gasteiger partial charge in [-0.2, -0.15) is 5.10 Å². The van der Waals surface area contributed by atoms with E-state index in [2.05, 4.69) is 62.2 Å². The van der Waals surface area contributed by atoms with E-state index in [1.54, 1.807) is 6.20 Å². The molecule has 0 spiro atoms. The summed E-state index contributed by atoms with van der Waals surface area (Å²) in [4.78, 5) is 13.0. The Labute approximate surface area is 166 Å². The average Bonchev–Trinajstić information content (AvgIpc) is 3.23. The molecule has 0 saturated heterocycles. The van der Waals surface area contributed by atoms with Crippen molar-refractivity contribution in [3.8, 4) is 0 Å². The lowest BCUT2D eigenvalue weighted by atomic mass is 10.0. The molecule has 0 fully saturated rings. The van der Waals surface area contributed by atoms with Gasteiger partial charge in [0.25, 0.3) is 5.91 Å². The SMILES string of the molecule is CC(C)CCn1ncc(C(=O)Nc2ccc3nnc(C(C)C)n3c2)c1C(C)C. The fraction of sp³-hybridized carbons (Fsp3) is 0.524. The van der Waals surface area contributed by atoms with Crippen LogP contribution < -0.4 is 5.32 Å². The first kappa shape index (κ1) is 20.0. The smallest absolute Gasteiger partial charge is 0.259 e. The molecule has 7 heteroatoms. The molecule has 1 N–H and O–H groups in total. The lowest BCUT2D eigenvalue weighted by Gasteiger charge is -2.14. The number of carbonyl (C=O) groups is 1. The molecular weight excluding hydrogens is 352 g/mol. The van der Waals surface area contributed by atoms with Crippen molar-refractivity contribution < 1.29 is 4.79 Å². The molecule has 3 rings (SSSR count). The maximum Gasteiger partial charge on any atom is 0.259 e. The first-order valence-electron chi connectivity index (χ1n) is 9.99. The van der Waals surface area contributed by atoms with Crippen molar-refractivity contribution >= 4 is 17.2 Å². The maximum atomic E-state index is 13.0. The zero-order valence-corrected chi connectivity index (χ0v) is 17.6. The molecule has 0 aromatic carbocycles. The summed E-state index contributed by atoms with van der Waals surface area (Å²) in [5, 5.41) is 15.9. The minimum atomic E-state index is -0.141. The molecule has 28 heavy (non-hydrogen) atoms. The van der Waals surface area contributed by atoms with Crippen molar-refractivity contribution in [2.24, 2.45) is 5.92 Å². The van der Waals surface area contributed by atoms with Crippen LogP contribution in [0.5, 0.6) is 0 Å². The number of nitrogens with zero attached hydrogens (tertiary/aromatic N) is 5. The number of amides is 1. The zero-order chi connectivity index (χ0) is 20.4. The second-order valence-electron chi connectivity index (χ2n) is 8.32. The minimum absolute atomic E-state index is 0.141. The second kappa shape index (κ2) is 8.12. The van der Waals surface area contributed by atoms with Gasteiger partial charge in [-0.3, -0.25) is 13.9 Å². The van der Waals surface area contributed by atoms with Gasteiger partial charge in [0.05, 0.1) is 23.1 Å². The van der Waals surface area contributed by atoms with Crippen LogP contribution in [0.4, 0.5) is 5.69 Å². The van der Waals surface area contributed by atoms with E-state index in [1.165, 1.54) is 0 Å². The number of aromatic nitrogens is 5. The van der Waals surface area contributed by atoms with Crippen molar-refractivity contribution in [2.45, 2.75) is 66.3 Å². The van der Waals surface area contributed by atoms with Gasteiger partial charge in [-0.05, 0) is 30.4 Å². The number of aryl methyl sites for hydroxylation is 1. The van der Waals surface area contributed by atoms with Crippen LogP contribution in [-0.4, -0.2) is 30.3 Å². The molecule has 0 atom stereocenters. The van der Waals surface area contributed by atoms with E-state index in [0.717, 1.165) is 30.1 Å². The lowest BCUT2D eigenvalue weighted by molar-refractivity contribution is 0.102. The largest absolute Gasteiger partial charge is 0.321 e. The van der Waals surface area contributed by atoms with E-state index in [1.807, 2.05) is 27.4 Å². The molecule has 7 nitrogen and oxygen atoms in total. The Morgan fingerprint density at radius 1 is 1.07 bits per heavy atom. The molecule has 150 valence electrons. The van der Waals surface area contributed by atoms with Crippen LogP contribution in [0.15, 0.2) is 24.5 Å². The van der Waals surface area contributed by atoms with Gasteiger partial charge in [-0.1, -0.05) is 41.5 Å². The third-order valence-electron chi connectivity index (χ3n) is 4.79. The normalized spacial score (nSPS) is 11.9. The van der Waals surface area contributed by atoms with Gasteiger partial charge >= 0.3 is 0 Å². The van der Waals surface area contributed by atoms with Crippen molar-refractivity contribution in [1.29, 1.82) is 0 Å². The molecule has 0 radical (unpaired) electrons. The van der Waals surface area contributed by atoms with E-state index in [-0.39, 0.29) is 17.7 Å². The monoisotopic (exact) mass is 382 g/mol. The van der Waals surface area contributed by atoms with Crippen LogP contribution in [0.2, 0.25) is 0 Å². The Kier molecular flexibility index (Phi) is 5.82. The van der Waals surface area contributed by atoms with Crippen LogP contribution in [0, 0.1) is 5.92 Å². The Balaban J connectivity index is 1.86. The van der Waals surface area contributed by atoms with Crippen molar-refractivity contribution in [3.05, 3.63) is 41.6 Å². The predicted molar refractivity (Wildman–Crippen MR) is 111 cm³/mol. The van der Waals surface area contributed by atoms with Gasteiger partial charge in [0.1, 0.15) is 5.82 Å². The van der Waals surface area contributed by atoms with Crippen LogP contribution in [0.25, 0.3) is 5.65 Å². The number of rotatable bonds is 7. The van der Waals surface area contributed by atoms with Gasteiger partial charge in [0.15, 0.2) is 5.65 Å². The zero-order valence-electron chi connectivity index (χ0n) is 17.6. The third-order valence-corrected chi connectivity index (χ3v) is 4.79. The van der Waals surface area contributed by atoms with Gasteiger partial charge in [-0.15, -0.1) is 10.2 Å². The first-order valence-corrected chi connectivity index (χ1v) is 9.99. The number of fused-ring (bicyclic) bond motifs is 1. The highest BCUT2D eigenvalue weighted by Gasteiger charge is 2.20. The van der Waals surface area contributed by atoms with Crippen LogP contribution in [0.1, 0.15) is 81.7 Å². The number of pyridine rings is 1. The van der Waals surface area contributed by atoms with E-state index >= 15 is 0 Å². The molecule has 3 aromatic heterocycles. The summed E-state index contributed by atoms with van der Waals surface area (Å²) in [6.45, 7) is 13.5. The van der Waals surface area contributed by atoms with Gasteiger partial charge < -0.3 is 5.32 Å². The lowest BCUT2D eigenvalue weighted by Crippen LogP contribution is -2.16. The summed E-state index contributed by atoms with van der Waals surface area (Å²) < 4.78 is 3.90. The van der Waals surface area contributed by atoms with E-state index in [0.29, 0.717) is 17.2 Å². The summed E-state index contributed by atoms with van der Waals surface area (Å²) in [5.41, 5.74) is 3.09. The first-order chi connectivity index (χ1) is 13.3. The van der Waals surface area contributed by atoms with E-state index in [9.17, 15) is 4.79 Å². The van der Waals surface area contributed by atoms with Crippen molar-refractivity contribution in [2.75, 3.05) is 5.32 Å². The van der Waals surface area contributed by atoms with Crippen LogP contribution in [-0.2, 0) is 6.54 Å². The quantitative estimate of drug-likeness (QED) is 0.654. The fourth-order valence-electron chi connectivity index (χ4n) is 3.31. The average molecular weight is 383 g/mol. The highest BCUT2D eigenvalue weighted by atomic mass is 16.1. The molecule has 3 heterocycles. The number of carbonyl (C=O) groups excluding carboxylic acids is 1. The Morgan fingerprint density at radius 3 is 2.46 bits per heavy atom. The van der Waals surface area contributed by atoms with E-state index in [4.69, 9.17) is 0 Å². The topological polar surface area (TPSA) is 77.1 Å². The van der Waals surface area contributed by atoms with Gasteiger partial charge in [-0.25, -0.2) is 0 Å². The fourth-order valence-corrected chi connectivity index (χ4v) is 3.31. The highest BCUT2D eigenvalue weighted by Crippen LogP contribution is 2.22. The van der Waals surface area contributed by atoms with E-state index < -0.39 is 0 Å². The number of hydrogen-bond donors (Lipinski definition) is 1. The number of nitrogens with one attached hydrogen (secondary N) is 1. The molecule has 0 aliphatic carbocycles. The summed E-state index contributed by atoms with van der Waals surface area (Å²) in [7, 11) is 0. The molecule has 1 amide bonds. The molecule has 0 bridgehead atoms. The van der Waals surface area contributed by atoms with Gasteiger partial charge in [0, 0.05) is 18.7 Å². The summed E-state index contributed by atoms with van der Waals surface area (Å²) in [6, 6.07) is 3.72. The van der Waals surface area contributed by atoms with Gasteiger partial charge in [0.2, 0.25) is 0 Å². The molecule has 3 aromatic rings. The highest BCUT2D eigenvalue weighted by molar-refractivity contribution is 6.05. The van der Waals surface area contributed by atoms with Crippen LogP contribution >= 0.6 is 0 Å². The Bertz CT molecular complexity index is 967. The standard InChI is InChI=1S/C21H30N6O/c1-13(2)9-10-27-19(14(3)4)17(11-22-27)21(28)23-16-7-8-18-24-25-20(15(5)6)26(18)12-16/h7-8,11-15H,9-10H2,1-6H3,(H,23,28). The number of anilines is 1. The number of hydrogen-bond acceptors (Lipinski definition) is 4. The summed E-state index contributed by atoms with van der Waals surface area (Å²) >= 11 is 0. The molecule has 0 aliphatic heterocycles. The molecule has 0 unspecified atom stereocenters. The summed E-state index contributed by atoms with van der Waals surface area (Å²) in [6.07, 6.45) is 4.59. The molecule has 0 saturated carbocycles. The van der Waals surface area contributed by atoms with Crippen molar-refractivity contribution in [3.63, 3.8) is 0 Å². The third kappa shape index (κ3) is 4.08. The van der Waals surface area contributed by atoms with Crippen molar-refractivity contribution in [1.82, 2.24) is 24.4 Å². The van der Waals surface area contributed by atoms with Crippen LogP contribution in [0.3, 0.4) is 0 Å². The summed E-state index contributed by atoms with van der Waals surface area (Å²) in [5.74, 6) is 1.77. The molecule has 0 aliphatic rings. The molecular formula is C21H30N6O. The minimum Gasteiger partial charge on any atom is -0.321 e. The Hall–Kier alpha value is -2.70.